The molecule has 1 aliphatic heterocycles. The van der Waals surface area contributed by atoms with Gasteiger partial charge in [-0.15, -0.1) is 11.3 Å². The van der Waals surface area contributed by atoms with Crippen molar-refractivity contribution in [2.45, 2.75) is 49.6 Å². The molecular formula is C14H22N2O2S2. The lowest BCUT2D eigenvalue weighted by molar-refractivity contribution is 0.260. The van der Waals surface area contributed by atoms with Crippen molar-refractivity contribution in [1.29, 1.82) is 0 Å². The molecule has 0 radical (unpaired) electrons. The second-order valence-corrected chi connectivity index (χ2v) is 8.61. The van der Waals surface area contributed by atoms with Crippen molar-refractivity contribution in [3.05, 3.63) is 16.3 Å². The Morgan fingerprint density at radius 3 is 2.95 bits per heavy atom. The van der Waals surface area contributed by atoms with Crippen molar-refractivity contribution >= 4 is 21.4 Å². The number of rotatable bonds is 4. The maximum Gasteiger partial charge on any atom is 0.244 e. The molecule has 3 rings (SSSR count). The van der Waals surface area contributed by atoms with Crippen molar-refractivity contribution in [1.82, 2.24) is 9.62 Å². The molecule has 6 heteroatoms. The van der Waals surface area contributed by atoms with Gasteiger partial charge in [0.2, 0.25) is 10.0 Å². The Morgan fingerprint density at radius 1 is 1.35 bits per heavy atom. The fourth-order valence-electron chi connectivity index (χ4n) is 3.64. The number of fused-ring (bicyclic) bond motifs is 1. The van der Waals surface area contributed by atoms with Gasteiger partial charge in [-0.3, -0.25) is 0 Å². The minimum atomic E-state index is -3.31. The third-order valence-corrected chi connectivity index (χ3v) is 7.65. The second-order valence-electron chi connectivity index (χ2n) is 5.75. The van der Waals surface area contributed by atoms with Crippen LogP contribution in [-0.4, -0.2) is 32.4 Å². The van der Waals surface area contributed by atoms with E-state index in [0.29, 0.717) is 23.9 Å². The number of hydrogen-bond donors (Lipinski definition) is 1. The van der Waals surface area contributed by atoms with Crippen LogP contribution >= 0.6 is 11.3 Å². The SMILES string of the molecule is CNCc1sccc1S(=O)(=O)N1CCC2CCCCC21. The van der Waals surface area contributed by atoms with Gasteiger partial charge in [-0.25, -0.2) is 8.42 Å². The van der Waals surface area contributed by atoms with E-state index in [9.17, 15) is 8.42 Å². The highest BCUT2D eigenvalue weighted by atomic mass is 32.2. The fourth-order valence-corrected chi connectivity index (χ4v) is 6.79. The van der Waals surface area contributed by atoms with Crippen LogP contribution < -0.4 is 5.32 Å². The summed E-state index contributed by atoms with van der Waals surface area (Å²) < 4.78 is 27.7. The summed E-state index contributed by atoms with van der Waals surface area (Å²) in [5.41, 5.74) is 0. The summed E-state index contributed by atoms with van der Waals surface area (Å²) in [6.45, 7) is 1.32. The largest absolute Gasteiger partial charge is 0.315 e. The molecule has 2 heterocycles. The minimum Gasteiger partial charge on any atom is -0.315 e. The summed E-state index contributed by atoms with van der Waals surface area (Å²) in [7, 11) is -1.46. The van der Waals surface area contributed by atoms with Gasteiger partial charge < -0.3 is 5.32 Å². The molecular weight excluding hydrogens is 292 g/mol. The van der Waals surface area contributed by atoms with E-state index in [-0.39, 0.29) is 6.04 Å². The molecule has 112 valence electrons. The Labute approximate surface area is 125 Å². The molecule has 2 aliphatic rings. The number of nitrogens with one attached hydrogen (secondary N) is 1. The van der Waals surface area contributed by atoms with Gasteiger partial charge in [0, 0.05) is 24.0 Å². The predicted molar refractivity (Wildman–Crippen MR) is 81.3 cm³/mol. The summed E-state index contributed by atoms with van der Waals surface area (Å²) in [5.74, 6) is 0.588. The molecule has 1 saturated carbocycles. The maximum absolute atomic E-state index is 13.0. The van der Waals surface area contributed by atoms with Crippen LogP contribution in [0.15, 0.2) is 16.3 Å². The Balaban J connectivity index is 1.90. The summed E-state index contributed by atoms with van der Waals surface area (Å²) in [6.07, 6.45) is 5.70. The highest BCUT2D eigenvalue weighted by molar-refractivity contribution is 7.89. The van der Waals surface area contributed by atoms with Crippen LogP contribution in [0.4, 0.5) is 0 Å². The molecule has 0 aromatic carbocycles. The number of hydrogen-bond acceptors (Lipinski definition) is 4. The van der Waals surface area contributed by atoms with E-state index in [1.165, 1.54) is 30.6 Å². The zero-order valence-corrected chi connectivity index (χ0v) is 13.5. The van der Waals surface area contributed by atoms with Gasteiger partial charge in [0.05, 0.1) is 4.90 Å². The average Bonchev–Trinajstić information content (AvgIpc) is 3.05. The third kappa shape index (κ3) is 2.43. The standard InChI is InChI=1S/C14H22N2O2S2/c1-15-10-13-14(7-9-19-13)20(17,18)16-8-6-11-4-2-3-5-12(11)16/h7,9,11-12,15H,2-6,8,10H2,1H3. The van der Waals surface area contributed by atoms with Crippen LogP contribution in [0.25, 0.3) is 0 Å². The Kier molecular flexibility index (Phi) is 4.17. The highest BCUT2D eigenvalue weighted by Gasteiger charge is 2.42. The maximum atomic E-state index is 13.0. The Morgan fingerprint density at radius 2 is 2.15 bits per heavy atom. The molecule has 1 aromatic rings. The number of nitrogens with zero attached hydrogens (tertiary/aromatic N) is 1. The van der Waals surface area contributed by atoms with E-state index in [2.05, 4.69) is 5.32 Å². The van der Waals surface area contributed by atoms with Crippen LogP contribution in [0.3, 0.4) is 0 Å². The van der Waals surface area contributed by atoms with Crippen molar-refractivity contribution in [3.8, 4) is 0 Å². The first-order valence-corrected chi connectivity index (χ1v) is 9.69. The Bertz CT molecular complexity index is 567. The van der Waals surface area contributed by atoms with Crippen molar-refractivity contribution in [2.75, 3.05) is 13.6 Å². The van der Waals surface area contributed by atoms with Crippen LogP contribution in [-0.2, 0) is 16.6 Å². The predicted octanol–water partition coefficient (Wildman–Crippen LogP) is 2.42. The monoisotopic (exact) mass is 314 g/mol. The second kappa shape index (κ2) is 5.75. The summed E-state index contributed by atoms with van der Waals surface area (Å²) in [5, 5.41) is 4.94. The minimum absolute atomic E-state index is 0.246. The summed E-state index contributed by atoms with van der Waals surface area (Å²) >= 11 is 1.52. The molecule has 1 aromatic heterocycles. The molecule has 4 nitrogen and oxygen atoms in total. The first kappa shape index (κ1) is 14.5. The van der Waals surface area contributed by atoms with Gasteiger partial charge in [-0.1, -0.05) is 12.8 Å². The quantitative estimate of drug-likeness (QED) is 0.928. The molecule has 2 atom stereocenters. The lowest BCUT2D eigenvalue weighted by atomic mass is 9.86. The zero-order chi connectivity index (χ0) is 14.2. The van der Waals surface area contributed by atoms with Crippen LogP contribution in [0.5, 0.6) is 0 Å². The van der Waals surface area contributed by atoms with Gasteiger partial charge in [0.1, 0.15) is 0 Å². The lowest BCUT2D eigenvalue weighted by Crippen LogP contribution is -2.39. The summed E-state index contributed by atoms with van der Waals surface area (Å²) in [6, 6.07) is 2.01. The Hall–Kier alpha value is -0.430. The topological polar surface area (TPSA) is 49.4 Å². The molecule has 1 aliphatic carbocycles. The number of thiophene rings is 1. The molecule has 0 amide bonds. The van der Waals surface area contributed by atoms with E-state index in [0.717, 1.165) is 17.7 Å². The molecule has 1 N–H and O–H groups in total. The van der Waals surface area contributed by atoms with Gasteiger partial charge >= 0.3 is 0 Å². The average molecular weight is 314 g/mol. The van der Waals surface area contributed by atoms with Crippen LogP contribution in [0.1, 0.15) is 37.0 Å². The van der Waals surface area contributed by atoms with Crippen LogP contribution in [0.2, 0.25) is 0 Å². The van der Waals surface area contributed by atoms with Crippen molar-refractivity contribution in [3.63, 3.8) is 0 Å². The molecule has 0 spiro atoms. The van der Waals surface area contributed by atoms with Gasteiger partial charge in [-0.2, -0.15) is 4.31 Å². The molecule has 2 unspecified atom stereocenters. The highest BCUT2D eigenvalue weighted by Crippen LogP contribution is 2.40. The number of sulfonamides is 1. The van der Waals surface area contributed by atoms with E-state index < -0.39 is 10.0 Å². The van der Waals surface area contributed by atoms with Gasteiger partial charge in [0.25, 0.3) is 0 Å². The first-order chi connectivity index (χ1) is 9.64. The molecule has 2 fully saturated rings. The van der Waals surface area contributed by atoms with Gasteiger partial charge in [0.15, 0.2) is 0 Å². The van der Waals surface area contributed by atoms with Gasteiger partial charge in [-0.05, 0) is 43.7 Å². The van der Waals surface area contributed by atoms with E-state index in [1.54, 1.807) is 10.4 Å². The molecule has 1 saturated heterocycles. The smallest absolute Gasteiger partial charge is 0.244 e. The summed E-state index contributed by atoms with van der Waals surface area (Å²) in [4.78, 5) is 1.44. The van der Waals surface area contributed by atoms with Crippen molar-refractivity contribution < 1.29 is 8.42 Å². The molecule has 0 bridgehead atoms. The van der Waals surface area contributed by atoms with E-state index >= 15 is 0 Å². The lowest BCUT2D eigenvalue weighted by Gasteiger charge is -2.31. The van der Waals surface area contributed by atoms with E-state index in [4.69, 9.17) is 0 Å². The zero-order valence-electron chi connectivity index (χ0n) is 11.8. The third-order valence-electron chi connectivity index (χ3n) is 4.59. The van der Waals surface area contributed by atoms with Crippen molar-refractivity contribution in [2.24, 2.45) is 5.92 Å². The van der Waals surface area contributed by atoms with Crippen LogP contribution in [0, 0.1) is 5.92 Å². The normalized spacial score (nSPS) is 27.6. The molecule has 20 heavy (non-hydrogen) atoms. The first-order valence-electron chi connectivity index (χ1n) is 7.37. The fraction of sp³-hybridized carbons (Fsp3) is 0.714. The van der Waals surface area contributed by atoms with E-state index in [1.807, 2.05) is 12.4 Å².